The lowest BCUT2D eigenvalue weighted by atomic mass is 10.1. The fraction of sp³-hybridized carbons (Fsp3) is 0.417. The van der Waals surface area contributed by atoms with Crippen LogP contribution in [0, 0.1) is 0 Å². The Morgan fingerprint density at radius 1 is 1.39 bits per heavy atom. The first kappa shape index (κ1) is 13.3. The van der Waals surface area contributed by atoms with Crippen molar-refractivity contribution in [1.82, 2.24) is 0 Å². The fourth-order valence-electron chi connectivity index (χ4n) is 2.15. The van der Waals surface area contributed by atoms with Crippen LogP contribution in [0.3, 0.4) is 0 Å². The summed E-state index contributed by atoms with van der Waals surface area (Å²) in [6, 6.07) is 7.61. The monoisotopic (exact) mass is 284 g/mol. The van der Waals surface area contributed by atoms with E-state index < -0.39 is 9.84 Å². The third-order valence-electron chi connectivity index (χ3n) is 3.32. The molecule has 0 spiro atoms. The molecule has 2 N–H and O–H groups in total. The van der Waals surface area contributed by atoms with E-state index in [4.69, 9.17) is 18.0 Å². The standard InChI is InChI=1S/C12H16N2O2S2/c1-14(11-6-7-18(15,16)8-11)10-4-2-9(3-5-10)12(13)17/h2-5,11H,6-8H2,1H3,(H2,13,17). The topological polar surface area (TPSA) is 63.4 Å². The van der Waals surface area contributed by atoms with Crippen LogP contribution in [-0.2, 0) is 9.84 Å². The summed E-state index contributed by atoms with van der Waals surface area (Å²) in [6.07, 6.45) is 0.690. The molecule has 1 heterocycles. The second-order valence-electron chi connectivity index (χ2n) is 4.58. The van der Waals surface area contributed by atoms with Crippen molar-refractivity contribution in [2.24, 2.45) is 5.73 Å². The van der Waals surface area contributed by atoms with Crippen LogP contribution in [0.15, 0.2) is 24.3 Å². The van der Waals surface area contributed by atoms with E-state index in [9.17, 15) is 8.42 Å². The SMILES string of the molecule is CN(c1ccc(C(N)=S)cc1)C1CCS(=O)(=O)C1. The van der Waals surface area contributed by atoms with Crippen LogP contribution in [0.1, 0.15) is 12.0 Å². The molecule has 0 saturated carbocycles. The van der Waals surface area contributed by atoms with Gasteiger partial charge >= 0.3 is 0 Å². The summed E-state index contributed by atoms with van der Waals surface area (Å²) in [7, 11) is -0.935. The molecule has 18 heavy (non-hydrogen) atoms. The first-order valence-electron chi connectivity index (χ1n) is 5.72. The van der Waals surface area contributed by atoms with E-state index in [0.29, 0.717) is 11.4 Å². The first-order valence-corrected chi connectivity index (χ1v) is 7.95. The molecule has 0 aliphatic carbocycles. The smallest absolute Gasteiger partial charge is 0.152 e. The summed E-state index contributed by atoms with van der Waals surface area (Å²) >= 11 is 4.89. The van der Waals surface area contributed by atoms with E-state index in [-0.39, 0.29) is 17.5 Å². The number of rotatable bonds is 3. The van der Waals surface area contributed by atoms with Crippen molar-refractivity contribution in [1.29, 1.82) is 0 Å². The van der Waals surface area contributed by atoms with Crippen LogP contribution < -0.4 is 10.6 Å². The minimum atomic E-state index is -2.85. The van der Waals surface area contributed by atoms with E-state index in [1.54, 1.807) is 0 Å². The van der Waals surface area contributed by atoms with Gasteiger partial charge in [0.2, 0.25) is 0 Å². The maximum atomic E-state index is 11.5. The minimum absolute atomic E-state index is 0.0608. The van der Waals surface area contributed by atoms with Crippen LogP contribution in [-0.4, -0.2) is 38.0 Å². The van der Waals surface area contributed by atoms with Gasteiger partial charge in [0.1, 0.15) is 4.99 Å². The summed E-state index contributed by atoms with van der Waals surface area (Å²) in [5.74, 6) is 0.521. The summed E-state index contributed by atoms with van der Waals surface area (Å²) in [6.45, 7) is 0. The van der Waals surface area contributed by atoms with Crippen molar-refractivity contribution in [2.75, 3.05) is 23.5 Å². The average molecular weight is 284 g/mol. The van der Waals surface area contributed by atoms with Crippen molar-refractivity contribution < 1.29 is 8.42 Å². The summed E-state index contributed by atoms with van der Waals surface area (Å²) < 4.78 is 22.9. The number of anilines is 1. The highest BCUT2D eigenvalue weighted by atomic mass is 32.2. The highest BCUT2D eigenvalue weighted by Crippen LogP contribution is 2.23. The molecular weight excluding hydrogens is 268 g/mol. The molecule has 1 atom stereocenters. The van der Waals surface area contributed by atoms with Gasteiger partial charge in [0.05, 0.1) is 11.5 Å². The van der Waals surface area contributed by atoms with Gasteiger partial charge in [0, 0.05) is 24.3 Å². The van der Waals surface area contributed by atoms with Gasteiger partial charge < -0.3 is 10.6 Å². The Morgan fingerprint density at radius 2 is 2.00 bits per heavy atom. The maximum Gasteiger partial charge on any atom is 0.152 e. The van der Waals surface area contributed by atoms with Crippen LogP contribution in [0.4, 0.5) is 5.69 Å². The zero-order chi connectivity index (χ0) is 13.3. The van der Waals surface area contributed by atoms with Crippen LogP contribution >= 0.6 is 12.2 Å². The molecule has 1 saturated heterocycles. The molecule has 1 aromatic rings. The Hall–Kier alpha value is -1.14. The molecule has 0 radical (unpaired) electrons. The zero-order valence-electron chi connectivity index (χ0n) is 10.2. The predicted molar refractivity (Wildman–Crippen MR) is 77.8 cm³/mol. The molecule has 2 rings (SSSR count). The van der Waals surface area contributed by atoms with Gasteiger partial charge in [-0.3, -0.25) is 0 Å². The highest BCUT2D eigenvalue weighted by Gasteiger charge is 2.30. The maximum absolute atomic E-state index is 11.5. The number of benzene rings is 1. The van der Waals surface area contributed by atoms with Gasteiger partial charge in [-0.05, 0) is 30.7 Å². The summed E-state index contributed by atoms with van der Waals surface area (Å²) in [4.78, 5) is 2.38. The van der Waals surface area contributed by atoms with Gasteiger partial charge in [-0.2, -0.15) is 0 Å². The van der Waals surface area contributed by atoms with Gasteiger partial charge in [-0.1, -0.05) is 12.2 Å². The Kier molecular flexibility index (Phi) is 3.59. The van der Waals surface area contributed by atoms with Crippen molar-refractivity contribution in [3.05, 3.63) is 29.8 Å². The van der Waals surface area contributed by atoms with Crippen LogP contribution in [0.25, 0.3) is 0 Å². The highest BCUT2D eigenvalue weighted by molar-refractivity contribution is 7.91. The number of hydrogen-bond acceptors (Lipinski definition) is 4. The van der Waals surface area contributed by atoms with Gasteiger partial charge in [-0.25, -0.2) is 8.42 Å². The second kappa shape index (κ2) is 4.85. The lowest BCUT2D eigenvalue weighted by Gasteiger charge is -2.25. The molecule has 0 aromatic heterocycles. The molecule has 0 amide bonds. The Bertz CT molecular complexity index is 552. The quantitative estimate of drug-likeness (QED) is 0.837. The lowest BCUT2D eigenvalue weighted by Crippen LogP contribution is -2.32. The Labute approximate surface area is 113 Å². The average Bonchev–Trinajstić information content (AvgIpc) is 2.69. The summed E-state index contributed by atoms with van der Waals surface area (Å²) in [5, 5.41) is 0. The number of nitrogens with two attached hydrogens (primary N) is 1. The third kappa shape index (κ3) is 2.81. The van der Waals surface area contributed by atoms with Gasteiger partial charge in [0.25, 0.3) is 0 Å². The molecule has 6 heteroatoms. The number of hydrogen-bond donors (Lipinski definition) is 1. The van der Waals surface area contributed by atoms with Gasteiger partial charge in [-0.15, -0.1) is 0 Å². The van der Waals surface area contributed by atoms with Crippen molar-refractivity contribution in [3.8, 4) is 0 Å². The van der Waals surface area contributed by atoms with Crippen molar-refractivity contribution >= 4 is 32.7 Å². The fourth-order valence-corrected chi connectivity index (χ4v) is 4.06. The predicted octanol–water partition coefficient (Wildman–Crippen LogP) is 0.944. The van der Waals surface area contributed by atoms with E-state index in [1.165, 1.54) is 0 Å². The summed E-state index contributed by atoms with van der Waals surface area (Å²) in [5.41, 5.74) is 7.34. The number of nitrogens with zero attached hydrogens (tertiary/aromatic N) is 1. The molecule has 0 bridgehead atoms. The minimum Gasteiger partial charge on any atom is -0.389 e. The molecule has 1 aliphatic heterocycles. The Morgan fingerprint density at radius 3 is 2.44 bits per heavy atom. The largest absolute Gasteiger partial charge is 0.389 e. The lowest BCUT2D eigenvalue weighted by molar-refractivity contribution is 0.601. The molecule has 4 nitrogen and oxygen atoms in total. The zero-order valence-corrected chi connectivity index (χ0v) is 11.8. The number of sulfone groups is 1. The van der Waals surface area contributed by atoms with Crippen molar-refractivity contribution in [3.63, 3.8) is 0 Å². The molecule has 1 unspecified atom stereocenters. The van der Waals surface area contributed by atoms with E-state index >= 15 is 0 Å². The third-order valence-corrected chi connectivity index (χ3v) is 5.30. The molecule has 1 fully saturated rings. The van der Waals surface area contributed by atoms with E-state index in [1.807, 2.05) is 36.2 Å². The molecule has 98 valence electrons. The number of thiocarbonyl (C=S) groups is 1. The van der Waals surface area contributed by atoms with Crippen molar-refractivity contribution in [2.45, 2.75) is 12.5 Å². The molecular formula is C12H16N2O2S2. The van der Waals surface area contributed by atoms with Crippen LogP contribution in [0.5, 0.6) is 0 Å². The first-order chi connectivity index (χ1) is 8.39. The molecule has 1 aromatic carbocycles. The van der Waals surface area contributed by atoms with E-state index in [2.05, 4.69) is 0 Å². The van der Waals surface area contributed by atoms with E-state index in [0.717, 1.165) is 11.3 Å². The van der Waals surface area contributed by atoms with Crippen LogP contribution in [0.2, 0.25) is 0 Å². The normalized spacial score (nSPS) is 21.7. The van der Waals surface area contributed by atoms with Gasteiger partial charge in [0.15, 0.2) is 9.84 Å². The Balaban J connectivity index is 2.14. The molecule has 1 aliphatic rings. The second-order valence-corrected chi connectivity index (χ2v) is 7.25.